The summed E-state index contributed by atoms with van der Waals surface area (Å²) in [5.41, 5.74) is 5.75. The van der Waals surface area contributed by atoms with Crippen molar-refractivity contribution < 1.29 is 38.7 Å². The van der Waals surface area contributed by atoms with Gasteiger partial charge in [-0.25, -0.2) is 0 Å². The van der Waals surface area contributed by atoms with E-state index in [1.807, 2.05) is 182 Å². The number of halogens is 2. The monoisotopic (exact) mass is 900 g/mol. The maximum atomic E-state index is 16.6. The first-order valence-corrected chi connectivity index (χ1v) is 24.0. The van der Waals surface area contributed by atoms with Gasteiger partial charge in [-0.3, -0.25) is 0 Å². The molecular formula is C45H45Cl2NO3P3Zr. The molecule has 0 N–H and O–H groups in total. The molecule has 7 aromatic rings. The maximum Gasteiger partial charge on any atom is 0.161 e. The maximum absolute atomic E-state index is 16.6. The number of nitrogens with zero attached hydrogens (tertiary/aromatic N) is 1. The van der Waals surface area contributed by atoms with Crippen molar-refractivity contribution in [2.24, 2.45) is 0 Å². The Kier molecular flexibility index (Phi) is 15.6. The zero-order chi connectivity index (χ0) is 37.6. The van der Waals surface area contributed by atoms with Gasteiger partial charge in [0, 0.05) is 31.8 Å². The van der Waals surface area contributed by atoms with Crippen LogP contribution in [0.5, 0.6) is 0 Å². The Hall–Kier alpha value is -3.25. The largest absolute Gasteiger partial charge is 0.312 e. The fraction of sp³-hybridized carbons (Fsp3) is 0.111. The first-order chi connectivity index (χ1) is 25.6. The van der Waals surface area contributed by atoms with E-state index in [2.05, 4.69) is 30.2 Å². The Morgan fingerprint density at radius 1 is 0.364 bits per heavy atom. The van der Waals surface area contributed by atoms with Gasteiger partial charge in [0.2, 0.25) is 0 Å². The summed E-state index contributed by atoms with van der Waals surface area (Å²) in [5.74, 6) is 0. The minimum atomic E-state index is -3.97. The van der Waals surface area contributed by atoms with Crippen molar-refractivity contribution >= 4 is 78.1 Å². The van der Waals surface area contributed by atoms with Crippen LogP contribution in [-0.2, 0) is 38.7 Å². The second-order valence-electron chi connectivity index (χ2n) is 13.1. The van der Waals surface area contributed by atoms with Crippen LogP contribution in [0, 0.1) is 27.7 Å². The van der Waals surface area contributed by atoms with Gasteiger partial charge in [-0.1, -0.05) is 182 Å². The number of hydrogen-bond acceptors (Lipinski definition) is 3. The molecule has 10 heteroatoms. The number of hydrogen-bond donors (Lipinski definition) is 0. The average Bonchev–Trinajstić information content (AvgIpc) is 3.39. The minimum absolute atomic E-state index is 0. The zero-order valence-corrected chi connectivity index (χ0v) is 38.0. The summed E-state index contributed by atoms with van der Waals surface area (Å²) >= 11 is 1.47. The van der Waals surface area contributed by atoms with Gasteiger partial charge in [-0.05, 0) is 0 Å². The molecule has 0 bridgehead atoms. The summed E-state index contributed by atoms with van der Waals surface area (Å²) < 4.78 is 52.0. The summed E-state index contributed by atoms with van der Waals surface area (Å²) in [7, 11) is -11.9. The van der Waals surface area contributed by atoms with E-state index in [1.165, 1.54) is 47.5 Å². The molecule has 281 valence electrons. The molecule has 0 amide bonds. The van der Waals surface area contributed by atoms with Gasteiger partial charge in [0.15, 0.2) is 21.4 Å². The van der Waals surface area contributed by atoms with E-state index < -0.39 is 26.6 Å². The quantitative estimate of drug-likeness (QED) is 0.136. The molecule has 7 rings (SSSR count). The topological polar surface area (TPSA) is 56.1 Å². The summed E-state index contributed by atoms with van der Waals surface area (Å²) in [6, 6.07) is 55.2. The van der Waals surface area contributed by atoms with Gasteiger partial charge in [0.1, 0.15) is 5.14 Å². The SMILES string of the molecule is Cc1c(C)c(C)[n]([Zr])c1C.Cl.Cl.O=P(c1ccccc1)(c1ccccc1)C(P(=O)(c1ccccc1)c1ccccc1)P(=O)(c1ccccc1)c1ccccc1. The molecule has 0 radical (unpaired) electrons. The fourth-order valence-corrected chi connectivity index (χ4v) is 24.3. The van der Waals surface area contributed by atoms with E-state index in [0.717, 1.165) is 0 Å². The number of benzene rings is 6. The van der Waals surface area contributed by atoms with Gasteiger partial charge in [0.25, 0.3) is 0 Å². The van der Waals surface area contributed by atoms with Crippen molar-refractivity contribution in [2.75, 3.05) is 0 Å². The van der Waals surface area contributed by atoms with Gasteiger partial charge < -0.3 is 13.7 Å². The molecule has 55 heavy (non-hydrogen) atoms. The van der Waals surface area contributed by atoms with Crippen LogP contribution in [0.1, 0.15) is 22.5 Å². The Labute approximate surface area is 354 Å². The predicted molar refractivity (Wildman–Crippen MR) is 236 cm³/mol. The van der Waals surface area contributed by atoms with E-state index in [-0.39, 0.29) is 24.8 Å². The Morgan fingerprint density at radius 2 is 0.527 bits per heavy atom. The predicted octanol–water partition coefficient (Wildman–Crippen LogP) is 10.2. The molecule has 1 aromatic heterocycles. The van der Waals surface area contributed by atoms with Crippen LogP contribution in [0.3, 0.4) is 0 Å². The minimum Gasteiger partial charge on any atom is -0.312 e. The van der Waals surface area contributed by atoms with Gasteiger partial charge >= 0.3 is 77.7 Å². The van der Waals surface area contributed by atoms with E-state index in [9.17, 15) is 0 Å². The Morgan fingerprint density at radius 3 is 0.655 bits per heavy atom. The summed E-state index contributed by atoms with van der Waals surface area (Å²) in [5, 5.41) is 1.80. The van der Waals surface area contributed by atoms with Crippen molar-refractivity contribution in [1.82, 2.24) is 2.51 Å². The van der Waals surface area contributed by atoms with E-state index >= 15 is 13.7 Å². The molecule has 0 atom stereocenters. The molecule has 0 fully saturated rings. The second kappa shape index (κ2) is 19.3. The molecule has 1 heterocycles. The van der Waals surface area contributed by atoms with Crippen molar-refractivity contribution in [3.05, 3.63) is 205 Å². The van der Waals surface area contributed by atoms with Crippen LogP contribution in [0.15, 0.2) is 182 Å². The number of aromatic nitrogens is 1. The molecule has 6 aromatic carbocycles. The Balaban J connectivity index is 0.000000490. The fourth-order valence-electron chi connectivity index (χ4n) is 6.96. The van der Waals surface area contributed by atoms with E-state index in [0.29, 0.717) is 31.8 Å². The normalized spacial score (nSPS) is 11.4. The third kappa shape index (κ3) is 8.55. The van der Waals surface area contributed by atoms with Crippen molar-refractivity contribution in [3.8, 4) is 0 Å². The number of rotatable bonds is 9. The van der Waals surface area contributed by atoms with Crippen LogP contribution < -0.4 is 31.8 Å². The average molecular weight is 903 g/mol. The molecular weight excluding hydrogens is 858 g/mol. The first-order valence-electron chi connectivity index (χ1n) is 17.5. The smallest absolute Gasteiger partial charge is 0.161 e. The molecule has 0 unspecified atom stereocenters. The molecule has 0 spiro atoms. The summed E-state index contributed by atoms with van der Waals surface area (Å²) in [4.78, 5) is 0. The van der Waals surface area contributed by atoms with Crippen LogP contribution in [-0.4, -0.2) is 7.65 Å². The van der Waals surface area contributed by atoms with Crippen molar-refractivity contribution in [2.45, 2.75) is 32.8 Å². The molecule has 0 saturated heterocycles. The third-order valence-electron chi connectivity index (χ3n) is 10.1. The van der Waals surface area contributed by atoms with E-state index in [4.69, 9.17) is 0 Å². The standard InChI is InChI=1S/C37H31O3P3.C8H12N.2ClH.Zr/c38-41(31-19-7-1-8-20-31,32-21-9-2-10-22-32)37(42(39,33-23-11-3-12-24-33)34-25-13-4-14-26-34)43(40,35-27-15-5-16-28-35)36-29-17-6-18-30-36;1-5-6(2)8(4)9-7(5)3;;;/h1-30,37H;1-4H3;2*1H;/q;-1;;;+1. The second-order valence-corrected chi connectivity index (χ2v) is 24.0. The van der Waals surface area contributed by atoms with Crippen molar-refractivity contribution in [3.63, 3.8) is 0 Å². The third-order valence-corrected chi connectivity index (χ3v) is 26.0. The van der Waals surface area contributed by atoms with Crippen LogP contribution >= 0.6 is 46.2 Å². The zero-order valence-electron chi connectivity index (χ0n) is 31.2. The summed E-state index contributed by atoms with van der Waals surface area (Å²) in [6.07, 6.45) is 0. The summed E-state index contributed by atoms with van der Waals surface area (Å²) in [6.45, 7) is 8.75. The molecule has 4 nitrogen and oxygen atoms in total. The first kappa shape index (κ1) is 44.5. The van der Waals surface area contributed by atoms with Crippen LogP contribution in [0.2, 0.25) is 0 Å². The van der Waals surface area contributed by atoms with Crippen LogP contribution in [0.4, 0.5) is 0 Å². The van der Waals surface area contributed by atoms with E-state index in [1.54, 1.807) is 0 Å². The van der Waals surface area contributed by atoms with Crippen molar-refractivity contribution in [1.29, 1.82) is 0 Å². The van der Waals surface area contributed by atoms with Gasteiger partial charge in [-0.2, -0.15) is 0 Å². The molecule has 0 aliphatic heterocycles. The molecule has 0 saturated carbocycles. The van der Waals surface area contributed by atoms with Gasteiger partial charge in [0.05, 0.1) is 0 Å². The van der Waals surface area contributed by atoms with Crippen LogP contribution in [0.25, 0.3) is 0 Å². The molecule has 0 aliphatic rings. The van der Waals surface area contributed by atoms with Gasteiger partial charge in [-0.15, -0.1) is 24.8 Å². The Bertz CT molecular complexity index is 1990. The molecule has 0 aliphatic carbocycles.